The Hall–Kier alpha value is -2.71. The highest BCUT2D eigenvalue weighted by Crippen LogP contribution is 2.40. The molecule has 2 aliphatic heterocycles. The van der Waals surface area contributed by atoms with E-state index in [4.69, 9.17) is 10.5 Å². The fraction of sp³-hybridized carbons (Fsp3) is 0.583. The molecule has 1 aliphatic carbocycles. The maximum atomic E-state index is 13.7. The van der Waals surface area contributed by atoms with Gasteiger partial charge < -0.3 is 20.7 Å². The molecule has 2 aromatic rings. The van der Waals surface area contributed by atoms with Crippen molar-refractivity contribution in [1.29, 1.82) is 0 Å². The minimum absolute atomic E-state index is 0.0509. The molecule has 1 saturated carbocycles. The van der Waals surface area contributed by atoms with E-state index in [9.17, 15) is 30.8 Å². The second kappa shape index (κ2) is 9.49. The fourth-order valence-corrected chi connectivity index (χ4v) is 7.07. The zero-order valence-corrected chi connectivity index (χ0v) is 21.5. The lowest BCUT2D eigenvalue weighted by atomic mass is 10.1. The lowest BCUT2D eigenvalue weighted by Gasteiger charge is -2.31. The van der Waals surface area contributed by atoms with Gasteiger partial charge in [0.15, 0.2) is 9.84 Å². The Bertz CT molecular complexity index is 1340. The third-order valence-corrected chi connectivity index (χ3v) is 9.58. The van der Waals surface area contributed by atoms with Crippen molar-refractivity contribution in [3.05, 3.63) is 41.3 Å². The number of hydrogen-bond acceptors (Lipinski definition) is 7. The van der Waals surface area contributed by atoms with E-state index in [1.807, 2.05) is 0 Å². The number of amides is 1. The van der Waals surface area contributed by atoms with Gasteiger partial charge in [0.25, 0.3) is 0 Å². The highest BCUT2D eigenvalue weighted by Gasteiger charge is 2.49. The van der Waals surface area contributed by atoms with Crippen molar-refractivity contribution in [2.24, 2.45) is 5.73 Å². The number of aryl methyl sites for hydroxylation is 1. The summed E-state index contributed by atoms with van der Waals surface area (Å²) < 4.78 is 89.2. The molecule has 0 unspecified atom stereocenters. The number of ether oxygens (including phenoxy) is 1. The monoisotopic (exact) mass is 559 g/mol. The first-order valence-corrected chi connectivity index (χ1v) is 14.0. The first-order chi connectivity index (χ1) is 17.8. The number of hydrogen-bond donors (Lipinski definition) is 2. The summed E-state index contributed by atoms with van der Waals surface area (Å²) in [5.41, 5.74) is 4.28. The Morgan fingerprint density at radius 1 is 1.21 bits per heavy atom. The molecule has 38 heavy (non-hydrogen) atoms. The smallest absolute Gasteiger partial charge is 0.381 e. The number of nitrogens with two attached hydrogens (primary N) is 1. The van der Waals surface area contributed by atoms with Gasteiger partial charge in [0.05, 0.1) is 33.1 Å². The molecule has 3 aliphatic rings. The predicted octanol–water partition coefficient (Wildman–Crippen LogP) is 2.69. The Morgan fingerprint density at radius 3 is 2.53 bits per heavy atom. The number of aromatic nitrogens is 2. The first-order valence-electron chi connectivity index (χ1n) is 12.4. The summed E-state index contributed by atoms with van der Waals surface area (Å²) >= 11 is 0. The largest absolute Gasteiger partial charge is 0.417 e. The van der Waals surface area contributed by atoms with Crippen molar-refractivity contribution >= 4 is 21.6 Å². The van der Waals surface area contributed by atoms with E-state index in [0.29, 0.717) is 62.5 Å². The summed E-state index contributed by atoms with van der Waals surface area (Å²) in [5, 5.41) is 5.98. The molecule has 3 fully saturated rings. The van der Waals surface area contributed by atoms with Crippen LogP contribution in [0.15, 0.2) is 29.2 Å². The molecule has 0 spiro atoms. The second-order valence-corrected chi connectivity index (χ2v) is 12.5. The Kier molecular flexibility index (Phi) is 6.71. The molecular formula is C24H29F4N5O4S. The summed E-state index contributed by atoms with van der Waals surface area (Å²) in [5.74, 6) is -1.20. The summed E-state index contributed by atoms with van der Waals surface area (Å²) in [4.78, 5) is 13.9. The molecule has 1 amide bonds. The summed E-state index contributed by atoms with van der Waals surface area (Å²) in [6.07, 6.45) is -2.89. The molecule has 2 saturated heterocycles. The molecule has 3 N–H and O–H groups in total. The van der Waals surface area contributed by atoms with Crippen LogP contribution >= 0.6 is 0 Å². The number of rotatable bonds is 6. The van der Waals surface area contributed by atoms with Gasteiger partial charge in [-0.1, -0.05) is 0 Å². The number of nitrogens with one attached hydrogen (secondary N) is 1. The zero-order chi connectivity index (χ0) is 27.5. The molecular weight excluding hydrogens is 530 g/mol. The van der Waals surface area contributed by atoms with Crippen LogP contribution < -0.4 is 16.0 Å². The van der Waals surface area contributed by atoms with E-state index in [1.165, 1.54) is 0 Å². The number of benzene rings is 1. The standard InChI is InChI=1S/C24H29F4N5O4S/c1-14-10-21(33(31-14)16-4-8-37-9-5-16)32-13-17(12-19(32)22(34)30-23(29)6-7-23)38(35,36)20-3-2-15(25)11-18(20)24(26,27)28/h2-3,10-11,16-17,19H,4-9,12-13,29H2,1H3,(H,30,34)/t17-,19+/m1/s1. The topological polar surface area (TPSA) is 120 Å². The van der Waals surface area contributed by atoms with Crippen LogP contribution in [0.2, 0.25) is 0 Å². The molecule has 5 rings (SSSR count). The van der Waals surface area contributed by atoms with Gasteiger partial charge in [0, 0.05) is 25.8 Å². The van der Waals surface area contributed by atoms with Crippen LogP contribution in [0.25, 0.3) is 0 Å². The maximum Gasteiger partial charge on any atom is 0.417 e. The van der Waals surface area contributed by atoms with Gasteiger partial charge in [0.1, 0.15) is 17.7 Å². The zero-order valence-electron chi connectivity index (χ0n) is 20.7. The van der Waals surface area contributed by atoms with Crippen molar-refractivity contribution in [2.45, 2.75) is 73.1 Å². The van der Waals surface area contributed by atoms with Gasteiger partial charge in [-0.05, 0) is 57.2 Å². The highest BCUT2D eigenvalue weighted by molar-refractivity contribution is 7.92. The van der Waals surface area contributed by atoms with Gasteiger partial charge in [-0.15, -0.1) is 0 Å². The van der Waals surface area contributed by atoms with Crippen LogP contribution in [0.3, 0.4) is 0 Å². The van der Waals surface area contributed by atoms with Crippen LogP contribution in [0.5, 0.6) is 0 Å². The average Bonchev–Trinajstić information content (AvgIpc) is 3.24. The molecule has 9 nitrogen and oxygen atoms in total. The average molecular weight is 560 g/mol. The van der Waals surface area contributed by atoms with Crippen LogP contribution in [0.1, 0.15) is 49.4 Å². The second-order valence-electron chi connectivity index (χ2n) is 10.3. The van der Waals surface area contributed by atoms with E-state index in [-0.39, 0.29) is 25.1 Å². The number of sulfone groups is 1. The van der Waals surface area contributed by atoms with Crippen LogP contribution in [0, 0.1) is 12.7 Å². The molecule has 14 heteroatoms. The van der Waals surface area contributed by atoms with E-state index in [1.54, 1.807) is 22.6 Å². The number of anilines is 1. The summed E-state index contributed by atoms with van der Waals surface area (Å²) in [7, 11) is -4.62. The molecule has 2 atom stereocenters. The van der Waals surface area contributed by atoms with Gasteiger partial charge in [0.2, 0.25) is 5.91 Å². The molecule has 0 radical (unpaired) electrons. The first kappa shape index (κ1) is 26.9. The van der Waals surface area contributed by atoms with Crippen molar-refractivity contribution in [1.82, 2.24) is 15.1 Å². The number of halogens is 4. The molecule has 208 valence electrons. The van der Waals surface area contributed by atoms with Crippen LogP contribution in [0.4, 0.5) is 23.4 Å². The SMILES string of the molecule is Cc1cc(N2C[C@H](S(=O)(=O)c3ccc(F)cc3C(F)(F)F)C[C@H]2C(=O)NC2(N)CC2)n(C2CCOCC2)n1. The van der Waals surface area contributed by atoms with Crippen molar-refractivity contribution in [2.75, 3.05) is 24.7 Å². The fourth-order valence-electron chi connectivity index (χ4n) is 5.18. The summed E-state index contributed by atoms with van der Waals surface area (Å²) in [6.45, 7) is 2.56. The maximum absolute atomic E-state index is 13.7. The third-order valence-electron chi connectivity index (χ3n) is 7.39. The van der Waals surface area contributed by atoms with E-state index in [2.05, 4.69) is 10.4 Å². The Balaban J connectivity index is 1.54. The van der Waals surface area contributed by atoms with Gasteiger partial charge in [-0.2, -0.15) is 18.3 Å². The van der Waals surface area contributed by atoms with Crippen LogP contribution in [-0.4, -0.2) is 60.8 Å². The predicted molar refractivity (Wildman–Crippen MR) is 128 cm³/mol. The van der Waals surface area contributed by atoms with Crippen molar-refractivity contribution in [3.8, 4) is 0 Å². The lowest BCUT2D eigenvalue weighted by molar-refractivity contribution is -0.140. The highest BCUT2D eigenvalue weighted by atomic mass is 32.2. The quantitative estimate of drug-likeness (QED) is 0.317. The number of alkyl halides is 3. The van der Waals surface area contributed by atoms with Gasteiger partial charge >= 0.3 is 6.18 Å². The van der Waals surface area contributed by atoms with E-state index >= 15 is 0 Å². The van der Waals surface area contributed by atoms with Gasteiger partial charge in [-0.25, -0.2) is 17.5 Å². The minimum atomic E-state index is -5.09. The van der Waals surface area contributed by atoms with E-state index < -0.39 is 55.2 Å². The molecule has 1 aromatic carbocycles. The van der Waals surface area contributed by atoms with Crippen molar-refractivity contribution < 1.29 is 35.5 Å². The van der Waals surface area contributed by atoms with Gasteiger partial charge in [-0.3, -0.25) is 4.79 Å². The van der Waals surface area contributed by atoms with Crippen LogP contribution in [-0.2, 0) is 25.5 Å². The number of carbonyl (C=O) groups is 1. The minimum Gasteiger partial charge on any atom is -0.381 e. The Labute approximate surface area is 217 Å². The van der Waals surface area contributed by atoms with E-state index in [0.717, 1.165) is 0 Å². The molecule has 0 bridgehead atoms. The number of carbonyl (C=O) groups excluding carboxylic acids is 1. The third kappa shape index (κ3) is 5.13. The Morgan fingerprint density at radius 2 is 1.89 bits per heavy atom. The number of nitrogens with zero attached hydrogens (tertiary/aromatic N) is 3. The van der Waals surface area contributed by atoms with Crippen molar-refractivity contribution in [3.63, 3.8) is 0 Å². The normalized spacial score (nSPS) is 24.0. The lowest BCUT2D eigenvalue weighted by Crippen LogP contribution is -2.52. The molecule has 3 heterocycles. The molecule has 1 aromatic heterocycles. The summed E-state index contributed by atoms with van der Waals surface area (Å²) in [6, 6.07) is 2.18.